The van der Waals surface area contributed by atoms with Crippen LogP contribution in [0.4, 0.5) is 11.4 Å². The fourth-order valence-electron chi connectivity index (χ4n) is 2.69. The summed E-state index contributed by atoms with van der Waals surface area (Å²) in [4.78, 5) is 28.1. The molecule has 7 heteroatoms. The van der Waals surface area contributed by atoms with Crippen LogP contribution >= 0.6 is 24.0 Å². The Bertz CT molecular complexity index is 966. The molecular formula is C20H18N2O3S2. The number of hydrogen-bond acceptors (Lipinski definition) is 5. The van der Waals surface area contributed by atoms with Crippen LogP contribution < -0.4 is 9.80 Å². The molecule has 1 fully saturated rings. The Morgan fingerprint density at radius 1 is 1.19 bits per heavy atom. The second-order valence-corrected chi connectivity index (χ2v) is 7.98. The molecule has 0 bridgehead atoms. The number of carbonyl (C=O) groups excluding carboxylic acids is 1. The number of amides is 1. The number of benzene rings is 2. The molecule has 0 radical (unpaired) electrons. The molecule has 1 saturated heterocycles. The zero-order valence-corrected chi connectivity index (χ0v) is 16.7. The van der Waals surface area contributed by atoms with Gasteiger partial charge in [0.25, 0.3) is 5.91 Å². The van der Waals surface area contributed by atoms with Crippen LogP contribution in [0.5, 0.6) is 0 Å². The summed E-state index contributed by atoms with van der Waals surface area (Å²) in [5.74, 6) is -1.28. The molecule has 27 heavy (non-hydrogen) atoms. The van der Waals surface area contributed by atoms with Gasteiger partial charge in [-0.25, -0.2) is 4.79 Å². The Morgan fingerprint density at radius 2 is 1.85 bits per heavy atom. The average molecular weight is 399 g/mol. The zero-order chi connectivity index (χ0) is 19.7. The topological polar surface area (TPSA) is 60.9 Å². The van der Waals surface area contributed by atoms with Gasteiger partial charge in [0.1, 0.15) is 0 Å². The maximum Gasteiger partial charge on any atom is 0.336 e. The monoisotopic (exact) mass is 398 g/mol. The highest BCUT2D eigenvalue weighted by Gasteiger charge is 2.33. The van der Waals surface area contributed by atoms with E-state index in [2.05, 4.69) is 0 Å². The number of thioether (sulfide) groups is 1. The summed E-state index contributed by atoms with van der Waals surface area (Å²) in [6, 6.07) is 12.7. The van der Waals surface area contributed by atoms with Crippen molar-refractivity contribution in [1.82, 2.24) is 0 Å². The summed E-state index contributed by atoms with van der Waals surface area (Å²) in [7, 11) is 3.93. The fourth-order valence-corrected chi connectivity index (χ4v) is 3.99. The van der Waals surface area contributed by atoms with Crippen LogP contribution in [0, 0.1) is 6.92 Å². The van der Waals surface area contributed by atoms with Gasteiger partial charge in [-0.2, -0.15) is 0 Å². The van der Waals surface area contributed by atoms with E-state index in [9.17, 15) is 14.7 Å². The van der Waals surface area contributed by atoms with Crippen molar-refractivity contribution in [3.05, 3.63) is 64.1 Å². The molecule has 0 spiro atoms. The molecular weight excluding hydrogens is 380 g/mol. The largest absolute Gasteiger partial charge is 0.478 e. The number of aryl methyl sites for hydroxylation is 1. The van der Waals surface area contributed by atoms with Gasteiger partial charge in [-0.15, -0.1) is 0 Å². The molecule has 0 unspecified atom stereocenters. The molecule has 1 N–H and O–H groups in total. The van der Waals surface area contributed by atoms with Crippen LogP contribution in [-0.2, 0) is 4.79 Å². The Labute approximate surface area is 167 Å². The van der Waals surface area contributed by atoms with Gasteiger partial charge in [-0.3, -0.25) is 9.69 Å². The first-order valence-corrected chi connectivity index (χ1v) is 9.39. The van der Waals surface area contributed by atoms with Gasteiger partial charge in [-0.05, 0) is 48.4 Å². The predicted octanol–water partition coefficient (Wildman–Crippen LogP) is 4.17. The van der Waals surface area contributed by atoms with Crippen LogP contribution in [0.15, 0.2) is 47.4 Å². The summed E-state index contributed by atoms with van der Waals surface area (Å²) in [6.45, 7) is 1.72. The number of carboxylic acids is 1. The van der Waals surface area contributed by atoms with Crippen LogP contribution in [0.25, 0.3) is 6.08 Å². The molecule has 1 amide bonds. The number of carboxylic acid groups (broad SMARTS) is 1. The normalized spacial score (nSPS) is 15.5. The highest BCUT2D eigenvalue weighted by Crippen LogP contribution is 2.36. The number of anilines is 2. The van der Waals surface area contributed by atoms with Gasteiger partial charge >= 0.3 is 5.97 Å². The number of aromatic carboxylic acids is 1. The van der Waals surface area contributed by atoms with Gasteiger partial charge in [0.2, 0.25) is 0 Å². The number of hydrogen-bond donors (Lipinski definition) is 1. The van der Waals surface area contributed by atoms with Crippen LogP contribution in [0.1, 0.15) is 21.5 Å². The third kappa shape index (κ3) is 3.89. The number of carbonyl (C=O) groups is 2. The van der Waals surface area contributed by atoms with Crippen molar-refractivity contribution in [2.75, 3.05) is 23.9 Å². The van der Waals surface area contributed by atoms with Gasteiger partial charge in [0.15, 0.2) is 4.32 Å². The predicted molar refractivity (Wildman–Crippen MR) is 115 cm³/mol. The minimum atomic E-state index is -1.03. The molecule has 1 aliphatic heterocycles. The minimum absolute atomic E-state index is 0.157. The molecule has 1 heterocycles. The van der Waals surface area contributed by atoms with Crippen molar-refractivity contribution in [1.29, 1.82) is 0 Å². The van der Waals surface area contributed by atoms with E-state index in [1.807, 2.05) is 43.3 Å². The molecule has 2 aromatic carbocycles. The van der Waals surface area contributed by atoms with Crippen molar-refractivity contribution in [2.24, 2.45) is 0 Å². The lowest BCUT2D eigenvalue weighted by Gasteiger charge is -2.16. The standard InChI is InChI=1S/C20H18N2O3S2/c1-12-4-7-15(11-16(12)19(24)25)22-18(23)17(27-20(22)26)10-13-5-8-14(9-6-13)21(2)3/h4-11H,1-3H3,(H,24,25). The molecule has 5 nitrogen and oxygen atoms in total. The minimum Gasteiger partial charge on any atom is -0.478 e. The highest BCUT2D eigenvalue weighted by atomic mass is 32.2. The Kier molecular flexibility index (Phi) is 5.34. The van der Waals surface area contributed by atoms with Crippen molar-refractivity contribution in [3.8, 4) is 0 Å². The summed E-state index contributed by atoms with van der Waals surface area (Å²) in [5, 5.41) is 9.32. The van der Waals surface area contributed by atoms with E-state index in [0.717, 1.165) is 11.3 Å². The molecule has 0 aliphatic carbocycles. The molecule has 0 aromatic heterocycles. The van der Waals surface area contributed by atoms with Crippen molar-refractivity contribution < 1.29 is 14.7 Å². The molecule has 3 rings (SSSR count). The van der Waals surface area contributed by atoms with E-state index < -0.39 is 5.97 Å². The first-order valence-electron chi connectivity index (χ1n) is 8.17. The van der Waals surface area contributed by atoms with E-state index in [0.29, 0.717) is 20.5 Å². The second-order valence-electron chi connectivity index (χ2n) is 6.31. The van der Waals surface area contributed by atoms with E-state index in [1.54, 1.807) is 25.1 Å². The van der Waals surface area contributed by atoms with Crippen LogP contribution in [0.3, 0.4) is 0 Å². The van der Waals surface area contributed by atoms with Crippen LogP contribution in [0.2, 0.25) is 0 Å². The van der Waals surface area contributed by atoms with E-state index in [-0.39, 0.29) is 11.5 Å². The maximum absolute atomic E-state index is 12.9. The molecule has 2 aromatic rings. The number of nitrogens with zero attached hydrogens (tertiary/aromatic N) is 2. The highest BCUT2D eigenvalue weighted by molar-refractivity contribution is 8.27. The Morgan fingerprint density at radius 3 is 2.44 bits per heavy atom. The smallest absolute Gasteiger partial charge is 0.336 e. The van der Waals surface area contributed by atoms with E-state index >= 15 is 0 Å². The van der Waals surface area contributed by atoms with Gasteiger partial charge in [0, 0.05) is 19.8 Å². The zero-order valence-electron chi connectivity index (χ0n) is 15.1. The SMILES string of the molecule is Cc1ccc(N2C(=O)C(=Cc3ccc(N(C)C)cc3)SC2=S)cc1C(=O)O. The Hall–Kier alpha value is -2.64. The average Bonchev–Trinajstić information content (AvgIpc) is 2.89. The lowest BCUT2D eigenvalue weighted by Crippen LogP contribution is -2.27. The summed E-state index contributed by atoms with van der Waals surface area (Å²) >= 11 is 6.57. The van der Waals surface area contributed by atoms with Crippen molar-refractivity contribution in [2.45, 2.75) is 6.92 Å². The summed E-state index contributed by atoms with van der Waals surface area (Å²) in [6.07, 6.45) is 1.80. The molecule has 0 atom stereocenters. The molecule has 0 saturated carbocycles. The molecule has 138 valence electrons. The fraction of sp³-hybridized carbons (Fsp3) is 0.150. The third-order valence-electron chi connectivity index (χ3n) is 4.21. The molecule has 1 aliphatic rings. The summed E-state index contributed by atoms with van der Waals surface area (Å²) in [5.41, 5.74) is 3.22. The first-order chi connectivity index (χ1) is 12.8. The van der Waals surface area contributed by atoms with Crippen LogP contribution in [-0.4, -0.2) is 35.4 Å². The van der Waals surface area contributed by atoms with Crippen molar-refractivity contribution in [3.63, 3.8) is 0 Å². The first kappa shape index (κ1) is 19.1. The van der Waals surface area contributed by atoms with Crippen molar-refractivity contribution >= 4 is 57.6 Å². The van der Waals surface area contributed by atoms with E-state index in [1.165, 1.54) is 22.7 Å². The van der Waals surface area contributed by atoms with Gasteiger partial charge in [0.05, 0.1) is 16.2 Å². The Balaban J connectivity index is 1.91. The second kappa shape index (κ2) is 7.54. The maximum atomic E-state index is 12.9. The quantitative estimate of drug-likeness (QED) is 0.616. The van der Waals surface area contributed by atoms with Gasteiger partial charge in [-0.1, -0.05) is 42.2 Å². The van der Waals surface area contributed by atoms with E-state index in [4.69, 9.17) is 12.2 Å². The third-order valence-corrected chi connectivity index (χ3v) is 5.51. The number of rotatable bonds is 4. The van der Waals surface area contributed by atoms with Gasteiger partial charge < -0.3 is 10.0 Å². The lowest BCUT2D eigenvalue weighted by atomic mass is 10.1. The summed E-state index contributed by atoms with van der Waals surface area (Å²) < 4.78 is 0.386. The number of thiocarbonyl (C=S) groups is 1. The lowest BCUT2D eigenvalue weighted by molar-refractivity contribution is -0.113.